The van der Waals surface area contributed by atoms with E-state index in [0.29, 0.717) is 13.0 Å². The van der Waals surface area contributed by atoms with Crippen LogP contribution in [0.2, 0.25) is 0 Å². The van der Waals surface area contributed by atoms with Gasteiger partial charge < -0.3 is 15.4 Å². The summed E-state index contributed by atoms with van der Waals surface area (Å²) in [6.07, 6.45) is 4.96. The second-order valence-electron chi connectivity index (χ2n) is 5.68. The van der Waals surface area contributed by atoms with Gasteiger partial charge >= 0.3 is 0 Å². The van der Waals surface area contributed by atoms with Gasteiger partial charge in [0.1, 0.15) is 5.75 Å². The molecule has 22 heavy (non-hydrogen) atoms. The van der Waals surface area contributed by atoms with E-state index in [4.69, 9.17) is 4.74 Å². The monoisotopic (exact) mass is 326 g/mol. The first-order valence-corrected chi connectivity index (χ1v) is 7.88. The summed E-state index contributed by atoms with van der Waals surface area (Å²) < 4.78 is 5.13. The molecule has 1 aliphatic rings. The molecule has 4 nitrogen and oxygen atoms in total. The summed E-state index contributed by atoms with van der Waals surface area (Å²) in [4.78, 5) is 11.8. The van der Waals surface area contributed by atoms with Gasteiger partial charge in [-0.25, -0.2) is 0 Å². The highest BCUT2D eigenvalue weighted by atomic mass is 35.5. The van der Waals surface area contributed by atoms with Crippen LogP contribution in [0.25, 0.3) is 0 Å². The molecule has 1 heterocycles. The Bertz CT molecular complexity index is 431. The minimum absolute atomic E-state index is 0. The maximum Gasteiger partial charge on any atom is 0.220 e. The van der Waals surface area contributed by atoms with Crippen molar-refractivity contribution in [2.75, 3.05) is 26.7 Å². The standard InChI is InChI=1S/C17H26N2O2.ClH/c1-21-16-5-2-14(3-6-16)10-13-19-17(20)7-4-15-8-11-18-12-9-15;/h2-3,5-6,15,18H,4,7-13H2,1H3,(H,19,20);1H. The molecule has 0 spiro atoms. The summed E-state index contributed by atoms with van der Waals surface area (Å²) in [5.41, 5.74) is 1.22. The molecule has 1 saturated heterocycles. The number of amides is 1. The molecule has 0 bridgehead atoms. The van der Waals surface area contributed by atoms with Crippen molar-refractivity contribution in [3.63, 3.8) is 0 Å². The van der Waals surface area contributed by atoms with Crippen LogP contribution in [-0.4, -0.2) is 32.7 Å². The number of carbonyl (C=O) groups excluding carboxylic acids is 1. The number of halogens is 1. The van der Waals surface area contributed by atoms with E-state index < -0.39 is 0 Å². The predicted octanol–water partition coefficient (Wildman–Crippen LogP) is 2.56. The molecule has 0 saturated carbocycles. The smallest absolute Gasteiger partial charge is 0.220 e. The van der Waals surface area contributed by atoms with Crippen molar-refractivity contribution in [1.82, 2.24) is 10.6 Å². The Labute approximate surface area is 139 Å². The first-order chi connectivity index (χ1) is 10.3. The van der Waals surface area contributed by atoms with Gasteiger partial charge in [-0.3, -0.25) is 4.79 Å². The number of hydrogen-bond donors (Lipinski definition) is 2. The molecule has 2 rings (SSSR count). The van der Waals surface area contributed by atoms with Crippen LogP contribution < -0.4 is 15.4 Å². The van der Waals surface area contributed by atoms with Gasteiger partial charge in [0.2, 0.25) is 5.91 Å². The van der Waals surface area contributed by atoms with Crippen LogP contribution in [0.1, 0.15) is 31.2 Å². The van der Waals surface area contributed by atoms with E-state index in [-0.39, 0.29) is 18.3 Å². The topological polar surface area (TPSA) is 50.4 Å². The third kappa shape index (κ3) is 6.67. The van der Waals surface area contributed by atoms with Crippen LogP contribution in [0.15, 0.2) is 24.3 Å². The number of methoxy groups -OCH3 is 1. The third-order valence-corrected chi connectivity index (χ3v) is 4.13. The molecule has 1 aromatic carbocycles. The Morgan fingerprint density at radius 1 is 1.27 bits per heavy atom. The van der Waals surface area contributed by atoms with Crippen molar-refractivity contribution < 1.29 is 9.53 Å². The molecule has 1 amide bonds. The quantitative estimate of drug-likeness (QED) is 0.809. The maximum atomic E-state index is 11.8. The number of hydrogen-bond acceptors (Lipinski definition) is 3. The van der Waals surface area contributed by atoms with E-state index in [9.17, 15) is 4.79 Å². The molecule has 0 aromatic heterocycles. The van der Waals surface area contributed by atoms with E-state index in [1.807, 2.05) is 24.3 Å². The largest absolute Gasteiger partial charge is 0.497 e. The van der Waals surface area contributed by atoms with Crippen molar-refractivity contribution >= 4 is 18.3 Å². The molecule has 1 aromatic rings. The van der Waals surface area contributed by atoms with Crippen molar-refractivity contribution in [2.45, 2.75) is 32.1 Å². The summed E-state index contributed by atoms with van der Waals surface area (Å²) in [6.45, 7) is 2.91. The fourth-order valence-electron chi connectivity index (χ4n) is 2.73. The van der Waals surface area contributed by atoms with E-state index in [1.165, 1.54) is 18.4 Å². The third-order valence-electron chi connectivity index (χ3n) is 4.13. The van der Waals surface area contributed by atoms with E-state index in [2.05, 4.69) is 10.6 Å². The van der Waals surface area contributed by atoms with Crippen molar-refractivity contribution in [3.05, 3.63) is 29.8 Å². The summed E-state index contributed by atoms with van der Waals surface area (Å²) in [6, 6.07) is 7.99. The first-order valence-electron chi connectivity index (χ1n) is 7.88. The Balaban J connectivity index is 0.00000242. The van der Waals surface area contributed by atoms with E-state index in [1.54, 1.807) is 7.11 Å². The lowest BCUT2D eigenvalue weighted by molar-refractivity contribution is -0.121. The number of nitrogens with one attached hydrogen (secondary N) is 2. The molecular weight excluding hydrogens is 300 g/mol. The lowest BCUT2D eigenvalue weighted by Crippen LogP contribution is -2.30. The van der Waals surface area contributed by atoms with Crippen LogP contribution in [0.3, 0.4) is 0 Å². The average Bonchev–Trinajstić information content (AvgIpc) is 2.54. The second-order valence-corrected chi connectivity index (χ2v) is 5.68. The van der Waals surface area contributed by atoms with Crippen LogP contribution >= 0.6 is 12.4 Å². The fraction of sp³-hybridized carbons (Fsp3) is 0.588. The highest BCUT2D eigenvalue weighted by Crippen LogP contribution is 2.17. The second kappa shape index (κ2) is 10.5. The van der Waals surface area contributed by atoms with E-state index >= 15 is 0 Å². The highest BCUT2D eigenvalue weighted by molar-refractivity contribution is 5.85. The lowest BCUT2D eigenvalue weighted by Gasteiger charge is -2.22. The Kier molecular flexibility index (Phi) is 8.94. The molecule has 1 fully saturated rings. The molecule has 0 aliphatic carbocycles. The van der Waals surface area contributed by atoms with Gasteiger partial charge in [-0.15, -0.1) is 12.4 Å². The molecular formula is C17H27ClN2O2. The SMILES string of the molecule is COc1ccc(CCNC(=O)CCC2CCNCC2)cc1.Cl. The Hall–Kier alpha value is -1.26. The fourth-order valence-corrected chi connectivity index (χ4v) is 2.73. The zero-order valence-electron chi connectivity index (χ0n) is 13.3. The predicted molar refractivity (Wildman–Crippen MR) is 91.8 cm³/mol. The normalized spacial score (nSPS) is 15.0. The van der Waals surface area contributed by atoms with Gasteiger partial charge in [-0.1, -0.05) is 12.1 Å². The van der Waals surface area contributed by atoms with Gasteiger partial charge in [0, 0.05) is 13.0 Å². The van der Waals surface area contributed by atoms with Gasteiger partial charge in [-0.2, -0.15) is 0 Å². The number of piperidine rings is 1. The lowest BCUT2D eigenvalue weighted by atomic mass is 9.93. The average molecular weight is 327 g/mol. The van der Waals surface area contributed by atoms with Gasteiger partial charge in [-0.05, 0) is 62.4 Å². The summed E-state index contributed by atoms with van der Waals surface area (Å²) in [5, 5.41) is 6.37. The first kappa shape index (κ1) is 18.8. The number of carbonyl (C=O) groups is 1. The van der Waals surface area contributed by atoms with Gasteiger partial charge in [0.15, 0.2) is 0 Å². The Morgan fingerprint density at radius 3 is 2.59 bits per heavy atom. The summed E-state index contributed by atoms with van der Waals surface area (Å²) >= 11 is 0. The summed E-state index contributed by atoms with van der Waals surface area (Å²) in [5.74, 6) is 1.77. The van der Waals surface area contributed by atoms with Crippen LogP contribution in [0, 0.1) is 5.92 Å². The molecule has 1 aliphatic heterocycles. The Morgan fingerprint density at radius 2 is 1.95 bits per heavy atom. The van der Waals surface area contributed by atoms with Crippen molar-refractivity contribution in [3.8, 4) is 5.75 Å². The number of benzene rings is 1. The maximum absolute atomic E-state index is 11.8. The van der Waals surface area contributed by atoms with Crippen LogP contribution in [0.5, 0.6) is 5.75 Å². The number of rotatable bonds is 7. The van der Waals surface area contributed by atoms with Crippen LogP contribution in [0.4, 0.5) is 0 Å². The molecule has 2 N–H and O–H groups in total. The molecule has 0 radical (unpaired) electrons. The molecule has 5 heteroatoms. The van der Waals surface area contributed by atoms with Gasteiger partial charge in [0.05, 0.1) is 7.11 Å². The van der Waals surface area contributed by atoms with Gasteiger partial charge in [0.25, 0.3) is 0 Å². The minimum Gasteiger partial charge on any atom is -0.497 e. The molecule has 0 unspecified atom stereocenters. The van der Waals surface area contributed by atoms with E-state index in [0.717, 1.165) is 37.6 Å². The van der Waals surface area contributed by atoms with Crippen LogP contribution in [-0.2, 0) is 11.2 Å². The zero-order chi connectivity index (χ0) is 14.9. The molecule has 0 atom stereocenters. The minimum atomic E-state index is 0. The highest BCUT2D eigenvalue weighted by Gasteiger charge is 2.14. The zero-order valence-corrected chi connectivity index (χ0v) is 14.1. The number of ether oxygens (including phenoxy) is 1. The molecule has 124 valence electrons. The summed E-state index contributed by atoms with van der Waals surface area (Å²) in [7, 11) is 1.66. The van der Waals surface area contributed by atoms with Crippen molar-refractivity contribution in [1.29, 1.82) is 0 Å². The van der Waals surface area contributed by atoms with Crippen molar-refractivity contribution in [2.24, 2.45) is 5.92 Å².